The van der Waals surface area contributed by atoms with Crippen molar-refractivity contribution in [1.29, 1.82) is 0 Å². The predicted octanol–water partition coefficient (Wildman–Crippen LogP) is 1.89. The van der Waals surface area contributed by atoms with Crippen LogP contribution in [0.15, 0.2) is 23.4 Å². The number of hydrogen-bond acceptors (Lipinski definition) is 2. The summed E-state index contributed by atoms with van der Waals surface area (Å²) in [6.45, 7) is 5.30. The van der Waals surface area contributed by atoms with Crippen molar-refractivity contribution >= 4 is 0 Å². The Morgan fingerprint density at radius 2 is 2.31 bits per heavy atom. The summed E-state index contributed by atoms with van der Waals surface area (Å²) in [6.07, 6.45) is 6.39. The van der Waals surface area contributed by atoms with E-state index in [1.165, 1.54) is 11.3 Å². The quantitative estimate of drug-likeness (QED) is 0.703. The number of likely N-dealkylation sites (N-methyl/N-ethyl adjacent to an activating group) is 1. The molecule has 74 valence electrons. The van der Waals surface area contributed by atoms with Gasteiger partial charge < -0.3 is 10.6 Å². The first kappa shape index (κ1) is 10.3. The Balaban J connectivity index is 2.99. The fraction of sp³-hybridized carbons (Fsp3) is 0.636. The molecule has 2 N–H and O–H groups in total. The molecule has 1 rings (SSSR count). The predicted molar refractivity (Wildman–Crippen MR) is 57.4 cm³/mol. The highest BCUT2D eigenvalue weighted by atomic mass is 15.1. The van der Waals surface area contributed by atoms with Gasteiger partial charge in [-0.15, -0.1) is 0 Å². The molecular weight excluding hydrogens is 160 g/mol. The van der Waals surface area contributed by atoms with E-state index in [1.54, 1.807) is 0 Å². The molecule has 0 aromatic rings. The molecule has 0 aromatic carbocycles. The van der Waals surface area contributed by atoms with Crippen molar-refractivity contribution in [2.24, 2.45) is 5.73 Å². The average molecular weight is 180 g/mol. The highest BCUT2D eigenvalue weighted by molar-refractivity contribution is 5.29. The van der Waals surface area contributed by atoms with Crippen LogP contribution in [-0.2, 0) is 0 Å². The minimum atomic E-state index is 0.271. The first-order chi connectivity index (χ1) is 6.20. The molecule has 2 nitrogen and oxygen atoms in total. The molecule has 0 bridgehead atoms. The average Bonchev–Trinajstić information content (AvgIpc) is 2.12. The van der Waals surface area contributed by atoms with Crippen molar-refractivity contribution in [2.75, 3.05) is 13.6 Å². The third kappa shape index (κ3) is 2.13. The summed E-state index contributed by atoms with van der Waals surface area (Å²) in [4.78, 5) is 2.29. The van der Waals surface area contributed by atoms with Crippen molar-refractivity contribution in [3.63, 3.8) is 0 Å². The van der Waals surface area contributed by atoms with Gasteiger partial charge in [0.2, 0.25) is 0 Å². The zero-order valence-corrected chi connectivity index (χ0v) is 8.88. The summed E-state index contributed by atoms with van der Waals surface area (Å²) < 4.78 is 0. The second-order valence-corrected chi connectivity index (χ2v) is 3.58. The van der Waals surface area contributed by atoms with Gasteiger partial charge in [0.25, 0.3) is 0 Å². The van der Waals surface area contributed by atoms with Gasteiger partial charge in [0.1, 0.15) is 0 Å². The summed E-state index contributed by atoms with van der Waals surface area (Å²) in [5.41, 5.74) is 8.77. The lowest BCUT2D eigenvalue weighted by atomic mass is 9.95. The number of rotatable bonds is 2. The van der Waals surface area contributed by atoms with Crippen LogP contribution in [-0.4, -0.2) is 24.5 Å². The van der Waals surface area contributed by atoms with Crippen LogP contribution in [0.5, 0.6) is 0 Å². The monoisotopic (exact) mass is 180 g/mol. The first-order valence-corrected chi connectivity index (χ1v) is 5.03. The summed E-state index contributed by atoms with van der Waals surface area (Å²) in [5.74, 6) is 0. The minimum absolute atomic E-state index is 0.271. The Morgan fingerprint density at radius 1 is 1.62 bits per heavy atom. The Morgan fingerprint density at radius 3 is 2.85 bits per heavy atom. The topological polar surface area (TPSA) is 29.3 Å². The summed E-state index contributed by atoms with van der Waals surface area (Å²) >= 11 is 0. The maximum Gasteiger partial charge on any atom is 0.0367 e. The van der Waals surface area contributed by atoms with Crippen LogP contribution in [0.4, 0.5) is 0 Å². The lowest BCUT2D eigenvalue weighted by molar-refractivity contribution is 0.368. The van der Waals surface area contributed by atoms with Crippen LogP contribution in [0.3, 0.4) is 0 Å². The minimum Gasteiger partial charge on any atom is -0.375 e. The maximum absolute atomic E-state index is 6.05. The van der Waals surface area contributed by atoms with Gasteiger partial charge in [-0.2, -0.15) is 0 Å². The normalized spacial score (nSPS) is 24.6. The molecule has 1 aliphatic rings. The lowest BCUT2D eigenvalue weighted by Crippen LogP contribution is -2.36. The molecule has 0 aromatic heterocycles. The molecule has 1 unspecified atom stereocenters. The van der Waals surface area contributed by atoms with Crippen LogP contribution in [0, 0.1) is 0 Å². The van der Waals surface area contributed by atoms with E-state index < -0.39 is 0 Å². The third-order valence-electron chi connectivity index (χ3n) is 2.67. The van der Waals surface area contributed by atoms with Gasteiger partial charge in [0.15, 0.2) is 0 Å². The molecule has 0 radical (unpaired) electrons. The summed E-state index contributed by atoms with van der Waals surface area (Å²) in [6, 6.07) is 0.271. The van der Waals surface area contributed by atoms with E-state index in [0.29, 0.717) is 0 Å². The van der Waals surface area contributed by atoms with Gasteiger partial charge in [-0.3, -0.25) is 0 Å². The standard InChI is InChI=1S/C11H20N2/c1-4-6-11-9(5-2)10(12)7-8-13(11)3/h4,6,10H,5,7-8,12H2,1-3H3/b6-4-. The lowest BCUT2D eigenvalue weighted by Gasteiger charge is -2.32. The van der Waals surface area contributed by atoms with E-state index in [9.17, 15) is 0 Å². The third-order valence-corrected chi connectivity index (χ3v) is 2.67. The number of allylic oxidation sites excluding steroid dienone is 2. The second-order valence-electron chi connectivity index (χ2n) is 3.58. The van der Waals surface area contributed by atoms with Gasteiger partial charge in [0, 0.05) is 25.3 Å². The largest absolute Gasteiger partial charge is 0.375 e. The van der Waals surface area contributed by atoms with Crippen molar-refractivity contribution in [3.8, 4) is 0 Å². The van der Waals surface area contributed by atoms with Gasteiger partial charge in [-0.25, -0.2) is 0 Å². The molecule has 0 fully saturated rings. The van der Waals surface area contributed by atoms with Crippen LogP contribution in [0.2, 0.25) is 0 Å². The highest BCUT2D eigenvalue weighted by Gasteiger charge is 2.19. The van der Waals surface area contributed by atoms with Crippen LogP contribution >= 0.6 is 0 Å². The molecule has 1 heterocycles. The van der Waals surface area contributed by atoms with E-state index in [-0.39, 0.29) is 6.04 Å². The molecule has 0 spiro atoms. The molecule has 1 atom stereocenters. The maximum atomic E-state index is 6.05. The zero-order valence-electron chi connectivity index (χ0n) is 8.88. The SMILES string of the molecule is C/C=C\C1=C(CC)C(N)CCN1C. The molecule has 13 heavy (non-hydrogen) atoms. The highest BCUT2D eigenvalue weighted by Crippen LogP contribution is 2.23. The van der Waals surface area contributed by atoms with E-state index in [0.717, 1.165) is 19.4 Å². The van der Waals surface area contributed by atoms with Crippen LogP contribution in [0.1, 0.15) is 26.7 Å². The molecule has 2 heteroatoms. The molecule has 0 aliphatic carbocycles. The second kappa shape index (κ2) is 4.47. The van der Waals surface area contributed by atoms with Gasteiger partial charge in [0.05, 0.1) is 0 Å². The van der Waals surface area contributed by atoms with Gasteiger partial charge in [-0.1, -0.05) is 13.0 Å². The van der Waals surface area contributed by atoms with Crippen LogP contribution in [0.25, 0.3) is 0 Å². The number of hydrogen-bond donors (Lipinski definition) is 1. The van der Waals surface area contributed by atoms with Crippen molar-refractivity contribution in [1.82, 2.24) is 4.90 Å². The van der Waals surface area contributed by atoms with Crippen molar-refractivity contribution in [2.45, 2.75) is 32.7 Å². The molecule has 0 amide bonds. The van der Waals surface area contributed by atoms with E-state index in [4.69, 9.17) is 5.73 Å². The number of nitrogens with two attached hydrogens (primary N) is 1. The zero-order chi connectivity index (χ0) is 9.84. The Bertz CT molecular complexity index is 228. The van der Waals surface area contributed by atoms with Crippen molar-refractivity contribution in [3.05, 3.63) is 23.4 Å². The molecule has 1 aliphatic heterocycles. The summed E-state index contributed by atoms with van der Waals surface area (Å²) in [5, 5.41) is 0. The first-order valence-electron chi connectivity index (χ1n) is 5.03. The fourth-order valence-electron chi connectivity index (χ4n) is 1.90. The van der Waals surface area contributed by atoms with Crippen LogP contribution < -0.4 is 5.73 Å². The van der Waals surface area contributed by atoms with Gasteiger partial charge in [-0.05, 0) is 31.4 Å². The fourth-order valence-corrected chi connectivity index (χ4v) is 1.90. The van der Waals surface area contributed by atoms with Crippen molar-refractivity contribution < 1.29 is 0 Å². The molecule has 0 saturated carbocycles. The summed E-state index contributed by atoms with van der Waals surface area (Å²) in [7, 11) is 2.14. The van der Waals surface area contributed by atoms with E-state index >= 15 is 0 Å². The number of nitrogens with zero attached hydrogens (tertiary/aromatic N) is 1. The molecular formula is C11H20N2. The Hall–Kier alpha value is -0.760. The smallest absolute Gasteiger partial charge is 0.0367 e. The molecule has 0 saturated heterocycles. The van der Waals surface area contributed by atoms with Gasteiger partial charge >= 0.3 is 0 Å². The Kier molecular flexibility index (Phi) is 3.55. The Labute approximate surface area is 81.1 Å². The van der Waals surface area contributed by atoms with E-state index in [2.05, 4.69) is 31.0 Å². The van der Waals surface area contributed by atoms with E-state index in [1.807, 2.05) is 6.92 Å².